The molecule has 1 fully saturated rings. The summed E-state index contributed by atoms with van der Waals surface area (Å²) in [5, 5.41) is 9.54. The normalized spacial score (nSPS) is 14.7. The predicted molar refractivity (Wildman–Crippen MR) is 104 cm³/mol. The summed E-state index contributed by atoms with van der Waals surface area (Å²) in [5.41, 5.74) is 0. The fraction of sp³-hybridized carbons (Fsp3) is 0.611. The fourth-order valence-electron chi connectivity index (χ4n) is 2.87. The van der Waals surface area contributed by atoms with Crippen LogP contribution < -0.4 is 4.90 Å². The van der Waals surface area contributed by atoms with Crippen molar-refractivity contribution < 1.29 is 13.9 Å². The van der Waals surface area contributed by atoms with Crippen LogP contribution in [-0.2, 0) is 22.6 Å². The van der Waals surface area contributed by atoms with Crippen LogP contribution in [0.1, 0.15) is 19.6 Å². The molecule has 0 aliphatic carbocycles. The van der Waals surface area contributed by atoms with Crippen LogP contribution in [0.25, 0.3) is 0 Å². The molecule has 0 spiro atoms. The van der Waals surface area contributed by atoms with Gasteiger partial charge in [0.15, 0.2) is 5.16 Å². The molecule has 27 heavy (non-hydrogen) atoms. The molecule has 0 bridgehead atoms. The number of rotatable bonds is 8. The topological polar surface area (TPSA) is 76.6 Å². The first kappa shape index (κ1) is 19.8. The third kappa shape index (κ3) is 5.26. The Hall–Kier alpha value is -2.00. The van der Waals surface area contributed by atoms with Crippen LogP contribution in [0, 0.1) is 5.92 Å². The molecule has 8 nitrogen and oxygen atoms in total. The number of hydrogen-bond acceptors (Lipinski definition) is 7. The zero-order valence-electron chi connectivity index (χ0n) is 16.1. The van der Waals surface area contributed by atoms with E-state index in [0.29, 0.717) is 31.4 Å². The van der Waals surface area contributed by atoms with Crippen LogP contribution in [0.3, 0.4) is 0 Å². The van der Waals surface area contributed by atoms with Crippen LogP contribution in [0.2, 0.25) is 0 Å². The van der Waals surface area contributed by atoms with E-state index >= 15 is 0 Å². The van der Waals surface area contributed by atoms with Gasteiger partial charge >= 0.3 is 0 Å². The minimum Gasteiger partial charge on any atom is -0.467 e. The number of morpholine rings is 1. The Morgan fingerprint density at radius 3 is 2.78 bits per heavy atom. The lowest BCUT2D eigenvalue weighted by Gasteiger charge is -2.28. The lowest BCUT2D eigenvalue weighted by Crippen LogP contribution is -2.38. The van der Waals surface area contributed by atoms with Gasteiger partial charge in [0.25, 0.3) is 0 Å². The highest BCUT2D eigenvalue weighted by Gasteiger charge is 2.22. The number of furan rings is 1. The van der Waals surface area contributed by atoms with E-state index in [1.54, 1.807) is 18.2 Å². The number of anilines is 1. The van der Waals surface area contributed by atoms with Gasteiger partial charge in [-0.3, -0.25) is 9.36 Å². The summed E-state index contributed by atoms with van der Waals surface area (Å²) in [6.45, 7) is 8.64. The van der Waals surface area contributed by atoms with E-state index < -0.39 is 0 Å². The Kier molecular flexibility index (Phi) is 6.78. The lowest BCUT2D eigenvalue weighted by atomic mass is 10.2. The highest BCUT2D eigenvalue weighted by molar-refractivity contribution is 7.99. The molecule has 0 radical (unpaired) electrons. The maximum absolute atomic E-state index is 12.5. The highest BCUT2D eigenvalue weighted by Crippen LogP contribution is 2.24. The van der Waals surface area contributed by atoms with Gasteiger partial charge in [0.05, 0.1) is 31.8 Å². The molecule has 1 aliphatic rings. The van der Waals surface area contributed by atoms with Crippen molar-refractivity contribution in [2.24, 2.45) is 5.92 Å². The first-order valence-corrected chi connectivity index (χ1v) is 10.2. The molecule has 1 saturated heterocycles. The number of thioether (sulfide) groups is 1. The van der Waals surface area contributed by atoms with E-state index in [1.165, 1.54) is 11.8 Å². The Balaban J connectivity index is 1.64. The summed E-state index contributed by atoms with van der Waals surface area (Å²) in [6.07, 6.45) is 1.62. The molecule has 0 unspecified atom stereocenters. The van der Waals surface area contributed by atoms with Gasteiger partial charge in [-0.2, -0.15) is 0 Å². The summed E-state index contributed by atoms with van der Waals surface area (Å²) in [7, 11) is 1.78. The smallest absolute Gasteiger partial charge is 0.233 e. The van der Waals surface area contributed by atoms with Gasteiger partial charge in [-0.05, 0) is 18.1 Å². The second kappa shape index (κ2) is 9.27. The minimum absolute atomic E-state index is 0.0309. The average molecular weight is 394 g/mol. The number of carbonyl (C=O) groups is 1. The first-order chi connectivity index (χ1) is 13.0. The van der Waals surface area contributed by atoms with E-state index in [0.717, 1.165) is 36.5 Å². The Labute approximate surface area is 163 Å². The average Bonchev–Trinajstić information content (AvgIpc) is 3.30. The molecule has 3 rings (SSSR count). The van der Waals surface area contributed by atoms with E-state index in [4.69, 9.17) is 9.15 Å². The molecule has 0 atom stereocenters. The highest BCUT2D eigenvalue weighted by atomic mass is 32.2. The van der Waals surface area contributed by atoms with E-state index in [2.05, 4.69) is 33.5 Å². The van der Waals surface area contributed by atoms with Crippen molar-refractivity contribution in [2.45, 2.75) is 32.1 Å². The van der Waals surface area contributed by atoms with Gasteiger partial charge in [-0.15, -0.1) is 10.2 Å². The van der Waals surface area contributed by atoms with Crippen molar-refractivity contribution in [1.29, 1.82) is 0 Å². The van der Waals surface area contributed by atoms with E-state index in [-0.39, 0.29) is 5.91 Å². The number of ether oxygens (including phenoxy) is 1. The van der Waals surface area contributed by atoms with Crippen LogP contribution in [-0.4, -0.2) is 64.7 Å². The van der Waals surface area contributed by atoms with Crippen molar-refractivity contribution in [3.05, 3.63) is 24.2 Å². The van der Waals surface area contributed by atoms with Crippen molar-refractivity contribution in [3.8, 4) is 0 Å². The van der Waals surface area contributed by atoms with Gasteiger partial charge in [-0.25, -0.2) is 0 Å². The van der Waals surface area contributed by atoms with Gasteiger partial charge in [0.1, 0.15) is 5.76 Å². The number of nitrogens with zero attached hydrogens (tertiary/aromatic N) is 5. The van der Waals surface area contributed by atoms with Gasteiger partial charge < -0.3 is 19.0 Å². The molecule has 148 valence electrons. The summed E-state index contributed by atoms with van der Waals surface area (Å²) >= 11 is 1.43. The quantitative estimate of drug-likeness (QED) is 0.636. The van der Waals surface area contributed by atoms with Crippen molar-refractivity contribution in [3.63, 3.8) is 0 Å². The Morgan fingerprint density at radius 1 is 1.33 bits per heavy atom. The van der Waals surface area contributed by atoms with Crippen LogP contribution in [0.15, 0.2) is 28.0 Å². The Bertz CT molecular complexity index is 725. The maximum atomic E-state index is 12.5. The Morgan fingerprint density at radius 2 is 2.11 bits per heavy atom. The monoisotopic (exact) mass is 393 g/mol. The summed E-state index contributed by atoms with van der Waals surface area (Å²) in [5.74, 6) is 2.44. The van der Waals surface area contributed by atoms with Crippen molar-refractivity contribution in [2.75, 3.05) is 44.0 Å². The maximum Gasteiger partial charge on any atom is 0.233 e. The van der Waals surface area contributed by atoms with E-state index in [9.17, 15) is 4.79 Å². The summed E-state index contributed by atoms with van der Waals surface area (Å²) < 4.78 is 12.9. The standard InChI is InChI=1S/C18H27N5O3S/c1-14(2)11-23-17(22-6-9-25-10-7-22)19-20-18(23)27-13-16(24)21(3)12-15-5-4-8-26-15/h4-5,8,14H,6-7,9-13H2,1-3H3. The molecule has 9 heteroatoms. The summed E-state index contributed by atoms with van der Waals surface area (Å²) in [6, 6.07) is 3.69. The third-order valence-corrected chi connectivity index (χ3v) is 5.21. The molecule has 0 N–H and O–H groups in total. The van der Waals surface area contributed by atoms with Crippen LogP contribution >= 0.6 is 11.8 Å². The van der Waals surface area contributed by atoms with Crippen LogP contribution in [0.4, 0.5) is 5.95 Å². The first-order valence-electron chi connectivity index (χ1n) is 9.19. The molecular weight excluding hydrogens is 366 g/mol. The SMILES string of the molecule is CC(C)Cn1c(SCC(=O)N(C)Cc2ccco2)nnc1N1CCOCC1. The van der Waals surface area contributed by atoms with Gasteiger partial charge in [0.2, 0.25) is 11.9 Å². The number of amides is 1. The molecular formula is C18H27N5O3S. The van der Waals surface area contributed by atoms with Crippen LogP contribution in [0.5, 0.6) is 0 Å². The van der Waals surface area contributed by atoms with Gasteiger partial charge in [0, 0.05) is 26.7 Å². The molecule has 3 heterocycles. The lowest BCUT2D eigenvalue weighted by molar-refractivity contribution is -0.127. The fourth-order valence-corrected chi connectivity index (χ4v) is 3.75. The molecule has 0 saturated carbocycles. The molecule has 1 aliphatic heterocycles. The predicted octanol–water partition coefficient (Wildman–Crippen LogP) is 2.11. The zero-order chi connectivity index (χ0) is 19.2. The number of carbonyl (C=O) groups excluding carboxylic acids is 1. The largest absolute Gasteiger partial charge is 0.467 e. The number of hydrogen-bond donors (Lipinski definition) is 0. The summed E-state index contributed by atoms with van der Waals surface area (Å²) in [4.78, 5) is 16.3. The molecule has 2 aromatic heterocycles. The zero-order valence-corrected chi connectivity index (χ0v) is 16.9. The third-order valence-electron chi connectivity index (χ3n) is 4.26. The van der Waals surface area contributed by atoms with E-state index in [1.807, 2.05) is 12.1 Å². The molecule has 1 amide bonds. The van der Waals surface area contributed by atoms with Gasteiger partial charge in [-0.1, -0.05) is 25.6 Å². The van der Waals surface area contributed by atoms with Crippen molar-refractivity contribution in [1.82, 2.24) is 19.7 Å². The second-order valence-electron chi connectivity index (χ2n) is 7.00. The second-order valence-corrected chi connectivity index (χ2v) is 7.95. The number of aromatic nitrogens is 3. The minimum atomic E-state index is 0.0309. The molecule has 2 aromatic rings. The van der Waals surface area contributed by atoms with Crippen molar-refractivity contribution >= 4 is 23.6 Å². The molecule has 0 aromatic carbocycles.